The first-order chi connectivity index (χ1) is 11.0. The molecule has 1 amide bonds. The van der Waals surface area contributed by atoms with E-state index in [9.17, 15) is 4.79 Å². The number of amides is 1. The van der Waals surface area contributed by atoms with Crippen molar-refractivity contribution in [3.8, 4) is 0 Å². The Morgan fingerprint density at radius 2 is 1.87 bits per heavy atom. The molecule has 0 saturated heterocycles. The van der Waals surface area contributed by atoms with Gasteiger partial charge in [-0.2, -0.15) is 5.10 Å². The number of aryl methyl sites for hydroxylation is 3. The maximum absolute atomic E-state index is 13.1. The molecule has 1 saturated carbocycles. The van der Waals surface area contributed by atoms with Gasteiger partial charge in [-0.3, -0.25) is 9.48 Å². The lowest BCUT2D eigenvalue weighted by Crippen LogP contribution is -2.37. The SMILES string of the molecule is Cc1cc(C(=O)N(C)C2CCCCCC2)c2c(C)nn(C)c2n1. The summed E-state index contributed by atoms with van der Waals surface area (Å²) in [5.41, 5.74) is 3.26. The first kappa shape index (κ1) is 16.0. The zero-order valence-corrected chi connectivity index (χ0v) is 14.6. The molecule has 0 N–H and O–H groups in total. The minimum absolute atomic E-state index is 0.100. The van der Waals surface area contributed by atoms with Gasteiger partial charge in [0.05, 0.1) is 16.6 Å². The Hall–Kier alpha value is -1.91. The molecule has 2 heterocycles. The number of rotatable bonds is 2. The third kappa shape index (κ3) is 2.96. The Kier molecular flexibility index (Phi) is 4.37. The highest BCUT2D eigenvalue weighted by Gasteiger charge is 2.25. The van der Waals surface area contributed by atoms with Gasteiger partial charge >= 0.3 is 0 Å². The molecule has 0 unspecified atom stereocenters. The van der Waals surface area contributed by atoms with Gasteiger partial charge in [-0.05, 0) is 32.8 Å². The van der Waals surface area contributed by atoms with Crippen molar-refractivity contribution in [1.82, 2.24) is 19.7 Å². The molecule has 5 nitrogen and oxygen atoms in total. The highest BCUT2D eigenvalue weighted by atomic mass is 16.2. The van der Waals surface area contributed by atoms with Crippen LogP contribution in [0.2, 0.25) is 0 Å². The Bertz CT molecular complexity index is 726. The number of hydrogen-bond donors (Lipinski definition) is 0. The van der Waals surface area contributed by atoms with Gasteiger partial charge in [0.25, 0.3) is 5.91 Å². The molecular formula is C18H26N4O. The summed E-state index contributed by atoms with van der Waals surface area (Å²) in [5.74, 6) is 0.100. The molecule has 0 spiro atoms. The smallest absolute Gasteiger partial charge is 0.254 e. The summed E-state index contributed by atoms with van der Waals surface area (Å²) >= 11 is 0. The molecule has 124 valence electrons. The largest absolute Gasteiger partial charge is 0.339 e. The molecule has 1 aliphatic rings. The minimum atomic E-state index is 0.100. The molecule has 2 aromatic heterocycles. The van der Waals surface area contributed by atoms with Crippen LogP contribution in [0.1, 0.15) is 60.3 Å². The monoisotopic (exact) mass is 314 g/mol. The van der Waals surface area contributed by atoms with Crippen molar-refractivity contribution >= 4 is 16.9 Å². The van der Waals surface area contributed by atoms with Gasteiger partial charge in [0, 0.05) is 25.8 Å². The van der Waals surface area contributed by atoms with Crippen LogP contribution in [0.4, 0.5) is 0 Å². The third-order valence-corrected chi connectivity index (χ3v) is 5.02. The second kappa shape index (κ2) is 6.30. The Labute approximate surface area is 137 Å². The lowest BCUT2D eigenvalue weighted by molar-refractivity contribution is 0.0719. The molecule has 2 aromatic rings. The van der Waals surface area contributed by atoms with Crippen molar-refractivity contribution in [1.29, 1.82) is 0 Å². The average molecular weight is 314 g/mol. The average Bonchev–Trinajstić information content (AvgIpc) is 2.74. The molecule has 0 aromatic carbocycles. The highest BCUT2D eigenvalue weighted by Crippen LogP contribution is 2.26. The van der Waals surface area contributed by atoms with E-state index >= 15 is 0 Å². The van der Waals surface area contributed by atoms with Crippen LogP contribution in [0.25, 0.3) is 11.0 Å². The second-order valence-corrected chi connectivity index (χ2v) is 6.78. The van der Waals surface area contributed by atoms with Crippen molar-refractivity contribution in [3.63, 3.8) is 0 Å². The zero-order chi connectivity index (χ0) is 16.6. The molecule has 0 radical (unpaired) electrons. The molecule has 0 aliphatic heterocycles. The number of carbonyl (C=O) groups excluding carboxylic acids is 1. The molecule has 1 aliphatic carbocycles. The summed E-state index contributed by atoms with van der Waals surface area (Å²) in [6, 6.07) is 2.26. The first-order valence-corrected chi connectivity index (χ1v) is 8.57. The summed E-state index contributed by atoms with van der Waals surface area (Å²) < 4.78 is 1.76. The number of fused-ring (bicyclic) bond motifs is 1. The maximum Gasteiger partial charge on any atom is 0.254 e. The van der Waals surface area contributed by atoms with Gasteiger partial charge < -0.3 is 4.90 Å². The van der Waals surface area contributed by atoms with Crippen LogP contribution in [0.15, 0.2) is 6.07 Å². The first-order valence-electron chi connectivity index (χ1n) is 8.57. The summed E-state index contributed by atoms with van der Waals surface area (Å²) in [6.07, 6.45) is 7.25. The van der Waals surface area contributed by atoms with E-state index in [1.807, 2.05) is 38.9 Å². The van der Waals surface area contributed by atoms with Crippen LogP contribution in [0, 0.1) is 13.8 Å². The van der Waals surface area contributed by atoms with E-state index in [2.05, 4.69) is 10.1 Å². The van der Waals surface area contributed by atoms with Gasteiger partial charge in [-0.1, -0.05) is 25.7 Å². The fraction of sp³-hybridized carbons (Fsp3) is 0.611. The fourth-order valence-corrected chi connectivity index (χ4v) is 3.74. The van der Waals surface area contributed by atoms with Crippen LogP contribution in [-0.2, 0) is 7.05 Å². The van der Waals surface area contributed by atoms with Gasteiger partial charge in [-0.25, -0.2) is 4.98 Å². The summed E-state index contributed by atoms with van der Waals surface area (Å²) in [6.45, 7) is 3.88. The lowest BCUT2D eigenvalue weighted by atomic mass is 10.0. The molecule has 23 heavy (non-hydrogen) atoms. The van der Waals surface area contributed by atoms with Crippen LogP contribution in [0.3, 0.4) is 0 Å². The van der Waals surface area contributed by atoms with E-state index in [0.29, 0.717) is 6.04 Å². The van der Waals surface area contributed by atoms with Gasteiger partial charge in [0.2, 0.25) is 0 Å². The van der Waals surface area contributed by atoms with Gasteiger partial charge in [0.15, 0.2) is 5.65 Å². The van der Waals surface area contributed by atoms with E-state index in [0.717, 1.165) is 40.8 Å². The summed E-state index contributed by atoms with van der Waals surface area (Å²) in [4.78, 5) is 19.7. The Morgan fingerprint density at radius 1 is 1.22 bits per heavy atom. The number of carbonyl (C=O) groups is 1. The lowest BCUT2D eigenvalue weighted by Gasteiger charge is -2.27. The standard InChI is InChI=1S/C18H26N4O/c1-12-11-15(16-13(2)20-22(4)17(16)19-12)18(23)21(3)14-9-7-5-6-8-10-14/h11,14H,5-10H2,1-4H3. The molecule has 5 heteroatoms. The van der Waals surface area contributed by atoms with Gasteiger partial charge in [0.1, 0.15) is 0 Å². The quantitative estimate of drug-likeness (QED) is 0.799. The normalized spacial score (nSPS) is 16.5. The molecule has 1 fully saturated rings. The van der Waals surface area contributed by atoms with Crippen molar-refractivity contribution in [2.24, 2.45) is 7.05 Å². The predicted molar refractivity (Wildman–Crippen MR) is 91.6 cm³/mol. The van der Waals surface area contributed by atoms with Crippen molar-refractivity contribution in [2.45, 2.75) is 58.4 Å². The summed E-state index contributed by atoms with van der Waals surface area (Å²) in [5, 5.41) is 5.34. The molecule has 0 bridgehead atoms. The Balaban J connectivity index is 2.00. The van der Waals surface area contributed by atoms with E-state index in [4.69, 9.17) is 0 Å². The zero-order valence-electron chi connectivity index (χ0n) is 14.6. The van der Waals surface area contributed by atoms with Crippen LogP contribution in [0.5, 0.6) is 0 Å². The maximum atomic E-state index is 13.1. The second-order valence-electron chi connectivity index (χ2n) is 6.78. The Morgan fingerprint density at radius 3 is 2.52 bits per heavy atom. The molecular weight excluding hydrogens is 288 g/mol. The number of hydrogen-bond acceptors (Lipinski definition) is 3. The molecule has 3 rings (SSSR count). The van der Waals surface area contributed by atoms with Crippen LogP contribution in [-0.4, -0.2) is 38.7 Å². The van der Waals surface area contributed by atoms with E-state index in [-0.39, 0.29) is 5.91 Å². The van der Waals surface area contributed by atoms with E-state index in [1.165, 1.54) is 25.7 Å². The molecule has 0 atom stereocenters. The number of aromatic nitrogens is 3. The number of pyridine rings is 1. The minimum Gasteiger partial charge on any atom is -0.339 e. The van der Waals surface area contributed by atoms with Gasteiger partial charge in [-0.15, -0.1) is 0 Å². The van der Waals surface area contributed by atoms with Crippen molar-refractivity contribution < 1.29 is 4.79 Å². The van der Waals surface area contributed by atoms with E-state index < -0.39 is 0 Å². The van der Waals surface area contributed by atoms with Crippen LogP contribution >= 0.6 is 0 Å². The van der Waals surface area contributed by atoms with Crippen molar-refractivity contribution in [2.75, 3.05) is 7.05 Å². The predicted octanol–water partition coefficient (Wildman–Crippen LogP) is 3.38. The highest BCUT2D eigenvalue weighted by molar-refractivity contribution is 6.06. The van der Waals surface area contributed by atoms with Crippen molar-refractivity contribution in [3.05, 3.63) is 23.0 Å². The topological polar surface area (TPSA) is 51.0 Å². The third-order valence-electron chi connectivity index (χ3n) is 5.02. The van der Waals surface area contributed by atoms with E-state index in [1.54, 1.807) is 4.68 Å². The number of nitrogens with zero attached hydrogens (tertiary/aromatic N) is 4. The van der Waals surface area contributed by atoms with Crippen LogP contribution < -0.4 is 0 Å². The fourth-order valence-electron chi connectivity index (χ4n) is 3.74. The summed E-state index contributed by atoms with van der Waals surface area (Å²) in [7, 11) is 3.83.